The molecular weight excluding hydrogens is 578 g/mol. The summed E-state index contributed by atoms with van der Waals surface area (Å²) < 4.78 is 29.2. The molecule has 0 bridgehead atoms. The highest BCUT2D eigenvalue weighted by atomic mass is 79.9. The Morgan fingerprint density at radius 1 is 0.919 bits per heavy atom. The van der Waals surface area contributed by atoms with Crippen molar-refractivity contribution in [2.45, 2.75) is 44.3 Å². The lowest BCUT2D eigenvalue weighted by Crippen LogP contribution is -2.52. The normalized spacial score (nSPS) is 12.2. The molecule has 0 unspecified atom stereocenters. The Hall–Kier alpha value is -2.88. The Balaban J connectivity index is 2.00. The predicted octanol–water partition coefficient (Wildman–Crippen LogP) is 5.24. The summed E-state index contributed by atoms with van der Waals surface area (Å²) in [6.07, 6.45) is 0. The second kappa shape index (κ2) is 12.6. The van der Waals surface area contributed by atoms with Gasteiger partial charge in [0.2, 0.25) is 11.8 Å². The van der Waals surface area contributed by atoms with Crippen molar-refractivity contribution in [2.24, 2.45) is 0 Å². The highest BCUT2D eigenvalue weighted by molar-refractivity contribution is 9.10. The van der Waals surface area contributed by atoms with Gasteiger partial charge in [0.25, 0.3) is 10.0 Å². The molecule has 3 rings (SSSR count). The summed E-state index contributed by atoms with van der Waals surface area (Å²) in [5.74, 6) is -0.859. The first-order valence-electron chi connectivity index (χ1n) is 11.7. The molecule has 196 valence electrons. The van der Waals surface area contributed by atoms with Crippen molar-refractivity contribution in [1.82, 2.24) is 10.2 Å². The molecule has 7 nitrogen and oxygen atoms in total. The lowest BCUT2D eigenvalue weighted by atomic mass is 10.1. The number of sulfonamides is 1. The van der Waals surface area contributed by atoms with E-state index in [1.807, 2.05) is 13.8 Å². The van der Waals surface area contributed by atoms with Crippen LogP contribution in [0.3, 0.4) is 0 Å². The van der Waals surface area contributed by atoms with Crippen molar-refractivity contribution in [2.75, 3.05) is 10.8 Å². The Morgan fingerprint density at radius 3 is 2.08 bits per heavy atom. The number of amides is 2. The van der Waals surface area contributed by atoms with Crippen LogP contribution in [0.4, 0.5) is 5.69 Å². The molecule has 3 aromatic rings. The highest BCUT2D eigenvalue weighted by Crippen LogP contribution is 2.26. The number of nitrogens with one attached hydrogen (secondary N) is 1. The van der Waals surface area contributed by atoms with Gasteiger partial charge >= 0.3 is 0 Å². The average Bonchev–Trinajstić information content (AvgIpc) is 2.87. The Morgan fingerprint density at radius 2 is 1.51 bits per heavy atom. The minimum Gasteiger partial charge on any atom is -0.352 e. The second-order valence-corrected chi connectivity index (χ2v) is 12.0. The van der Waals surface area contributed by atoms with Gasteiger partial charge in [-0.15, -0.1) is 0 Å². The van der Waals surface area contributed by atoms with Crippen molar-refractivity contribution >= 4 is 55.1 Å². The Labute approximate surface area is 231 Å². The average molecular weight is 607 g/mol. The van der Waals surface area contributed by atoms with Gasteiger partial charge in [-0.2, -0.15) is 0 Å². The zero-order valence-corrected chi connectivity index (χ0v) is 23.9. The minimum atomic E-state index is -4.09. The van der Waals surface area contributed by atoms with Gasteiger partial charge in [-0.05, 0) is 74.9 Å². The van der Waals surface area contributed by atoms with Gasteiger partial charge in [-0.3, -0.25) is 13.9 Å². The van der Waals surface area contributed by atoms with Crippen LogP contribution in [0.25, 0.3) is 0 Å². The van der Waals surface area contributed by atoms with E-state index >= 15 is 0 Å². The number of carbonyl (C=O) groups is 2. The molecule has 0 aliphatic carbocycles. The monoisotopic (exact) mass is 605 g/mol. The van der Waals surface area contributed by atoms with Gasteiger partial charge in [-0.25, -0.2) is 8.42 Å². The predicted molar refractivity (Wildman–Crippen MR) is 150 cm³/mol. The number of hydrogen-bond acceptors (Lipinski definition) is 4. The molecule has 0 spiro atoms. The molecule has 37 heavy (non-hydrogen) atoms. The first-order chi connectivity index (χ1) is 17.5. The summed E-state index contributed by atoms with van der Waals surface area (Å²) in [5.41, 5.74) is 1.08. The van der Waals surface area contributed by atoms with Crippen LogP contribution in [-0.4, -0.2) is 43.8 Å². The van der Waals surface area contributed by atoms with E-state index in [1.165, 1.54) is 17.0 Å². The molecule has 0 saturated carbocycles. The Kier molecular flexibility index (Phi) is 9.75. The first-order valence-corrected chi connectivity index (χ1v) is 14.3. The molecule has 0 aromatic heterocycles. The smallest absolute Gasteiger partial charge is 0.264 e. The maximum atomic E-state index is 13.8. The highest BCUT2D eigenvalue weighted by Gasteiger charge is 2.32. The fraction of sp³-hybridized carbons (Fsp3) is 0.259. The van der Waals surface area contributed by atoms with Crippen LogP contribution in [0, 0.1) is 0 Å². The van der Waals surface area contributed by atoms with E-state index in [4.69, 9.17) is 11.6 Å². The van der Waals surface area contributed by atoms with E-state index in [0.717, 1.165) is 14.3 Å². The third-order valence-corrected chi connectivity index (χ3v) is 8.16. The van der Waals surface area contributed by atoms with Gasteiger partial charge < -0.3 is 10.2 Å². The third-order valence-electron chi connectivity index (χ3n) is 5.59. The van der Waals surface area contributed by atoms with E-state index in [2.05, 4.69) is 21.2 Å². The zero-order chi connectivity index (χ0) is 27.2. The molecule has 0 saturated heterocycles. The van der Waals surface area contributed by atoms with E-state index in [9.17, 15) is 18.0 Å². The van der Waals surface area contributed by atoms with Crippen LogP contribution in [0.5, 0.6) is 0 Å². The topological polar surface area (TPSA) is 86.8 Å². The molecule has 0 fully saturated rings. The minimum absolute atomic E-state index is 0.0561. The molecule has 1 atom stereocenters. The molecule has 2 amide bonds. The molecule has 0 aliphatic rings. The lowest BCUT2D eigenvalue weighted by Gasteiger charge is -2.32. The van der Waals surface area contributed by atoms with Crippen LogP contribution in [0.1, 0.15) is 26.3 Å². The van der Waals surface area contributed by atoms with Gasteiger partial charge in [0.1, 0.15) is 12.6 Å². The summed E-state index contributed by atoms with van der Waals surface area (Å²) in [7, 11) is -4.09. The summed E-state index contributed by atoms with van der Waals surface area (Å²) in [6, 6.07) is 20.5. The van der Waals surface area contributed by atoms with Crippen LogP contribution in [0.2, 0.25) is 5.02 Å². The Bertz CT molecular complexity index is 1320. The molecule has 1 N–H and O–H groups in total. The number of nitrogens with zero attached hydrogens (tertiary/aromatic N) is 2. The number of hydrogen-bond donors (Lipinski definition) is 1. The molecule has 10 heteroatoms. The molecular formula is C27H29BrClN3O4S. The van der Waals surface area contributed by atoms with Gasteiger partial charge in [-0.1, -0.05) is 57.9 Å². The van der Waals surface area contributed by atoms with Crippen LogP contribution in [0.15, 0.2) is 88.2 Å². The van der Waals surface area contributed by atoms with E-state index < -0.39 is 28.5 Å². The van der Waals surface area contributed by atoms with Crippen molar-refractivity contribution in [3.63, 3.8) is 0 Å². The van der Waals surface area contributed by atoms with E-state index in [-0.39, 0.29) is 23.4 Å². The first kappa shape index (κ1) is 28.7. The number of halogens is 2. The van der Waals surface area contributed by atoms with Crippen molar-refractivity contribution in [3.05, 3.63) is 93.9 Å². The summed E-state index contributed by atoms with van der Waals surface area (Å²) in [6.45, 7) is 4.89. The van der Waals surface area contributed by atoms with Crippen LogP contribution >= 0.6 is 27.5 Å². The van der Waals surface area contributed by atoms with Gasteiger partial charge in [0, 0.05) is 22.1 Å². The van der Waals surface area contributed by atoms with Crippen molar-refractivity contribution < 1.29 is 18.0 Å². The second-order valence-electron chi connectivity index (χ2n) is 8.79. The maximum Gasteiger partial charge on any atom is 0.264 e. The van der Waals surface area contributed by atoms with Crippen LogP contribution in [-0.2, 0) is 26.2 Å². The van der Waals surface area contributed by atoms with Gasteiger partial charge in [0.05, 0.1) is 10.6 Å². The quantitative estimate of drug-likeness (QED) is 0.342. The van der Waals surface area contributed by atoms with E-state index in [1.54, 1.807) is 73.7 Å². The van der Waals surface area contributed by atoms with Crippen LogP contribution < -0.4 is 9.62 Å². The molecule has 3 aromatic carbocycles. The summed E-state index contributed by atoms with van der Waals surface area (Å²) in [4.78, 5) is 28.1. The number of carbonyl (C=O) groups excluding carboxylic acids is 2. The number of benzene rings is 3. The number of anilines is 1. The fourth-order valence-corrected chi connectivity index (χ4v) is 5.46. The van der Waals surface area contributed by atoms with E-state index in [0.29, 0.717) is 10.7 Å². The summed E-state index contributed by atoms with van der Waals surface area (Å²) in [5, 5.41) is 3.37. The molecule has 0 heterocycles. The fourth-order valence-electron chi connectivity index (χ4n) is 3.63. The van der Waals surface area contributed by atoms with Crippen molar-refractivity contribution in [3.8, 4) is 0 Å². The maximum absolute atomic E-state index is 13.8. The van der Waals surface area contributed by atoms with Crippen molar-refractivity contribution in [1.29, 1.82) is 0 Å². The largest absolute Gasteiger partial charge is 0.352 e. The molecule has 0 radical (unpaired) electrons. The molecule has 0 aliphatic heterocycles. The third kappa shape index (κ3) is 7.56. The lowest BCUT2D eigenvalue weighted by molar-refractivity contribution is -0.139. The standard InChI is InChI=1S/C27H29BrClN3O4S/c1-19(2)30-27(34)20(3)31(17-21-9-13-23(29)14-10-21)26(33)18-32(24-15-11-22(28)12-16-24)37(35,36)25-7-5-4-6-8-25/h4-16,19-20H,17-18H2,1-3H3,(H,30,34)/t20-/m0/s1. The summed E-state index contributed by atoms with van der Waals surface area (Å²) >= 11 is 9.38. The SMILES string of the molecule is CC(C)NC(=O)[C@H](C)N(Cc1ccc(Cl)cc1)C(=O)CN(c1ccc(Br)cc1)S(=O)(=O)c1ccccc1. The number of rotatable bonds is 10. The zero-order valence-electron chi connectivity index (χ0n) is 20.8. The van der Waals surface area contributed by atoms with Gasteiger partial charge in [0.15, 0.2) is 0 Å².